The highest BCUT2D eigenvalue weighted by molar-refractivity contribution is 5.51. The van der Waals surface area contributed by atoms with E-state index in [2.05, 4.69) is 45.0 Å². The number of phenols is 2. The van der Waals surface area contributed by atoms with Crippen LogP contribution < -0.4 is 0 Å². The lowest BCUT2D eigenvalue weighted by Gasteiger charge is -2.35. The molecule has 1 saturated carbocycles. The first-order chi connectivity index (χ1) is 13.9. The van der Waals surface area contributed by atoms with Crippen LogP contribution in [0.25, 0.3) is 0 Å². The Bertz CT molecular complexity index is 816. The molecule has 1 aliphatic carbocycles. The van der Waals surface area contributed by atoms with E-state index in [1.165, 1.54) is 44.1 Å². The third-order valence-corrected chi connectivity index (χ3v) is 6.82. The maximum Gasteiger partial charge on any atom is 0.122 e. The second-order valence-corrected chi connectivity index (χ2v) is 9.35. The lowest BCUT2D eigenvalue weighted by atomic mass is 9.70. The van der Waals surface area contributed by atoms with Gasteiger partial charge in [0.15, 0.2) is 0 Å². The maximum absolute atomic E-state index is 11.1. The molecular formula is C27H38O2. The van der Waals surface area contributed by atoms with Gasteiger partial charge in [0.25, 0.3) is 0 Å². The number of phenolic OH excluding ortho intramolecular Hbond substituents is 2. The lowest BCUT2D eigenvalue weighted by molar-refractivity contribution is 0.307. The number of hydrogen-bond donors (Lipinski definition) is 2. The van der Waals surface area contributed by atoms with E-state index < -0.39 is 0 Å². The molecule has 2 aromatic rings. The van der Waals surface area contributed by atoms with Crippen molar-refractivity contribution in [3.8, 4) is 11.5 Å². The molecule has 2 aromatic carbocycles. The molecule has 2 heteroatoms. The van der Waals surface area contributed by atoms with Crippen LogP contribution in [-0.2, 0) is 18.3 Å². The fraction of sp³-hybridized carbons (Fsp3) is 0.556. The smallest absolute Gasteiger partial charge is 0.122 e. The lowest BCUT2D eigenvalue weighted by Crippen LogP contribution is -2.25. The van der Waals surface area contributed by atoms with Crippen LogP contribution in [0.3, 0.4) is 0 Å². The highest BCUT2D eigenvalue weighted by Gasteiger charge is 2.31. The summed E-state index contributed by atoms with van der Waals surface area (Å²) in [4.78, 5) is 0. The van der Waals surface area contributed by atoms with Crippen molar-refractivity contribution in [3.63, 3.8) is 0 Å². The molecule has 0 heterocycles. The Kier molecular flexibility index (Phi) is 7.27. The Hall–Kier alpha value is -1.96. The molecule has 0 saturated heterocycles. The van der Waals surface area contributed by atoms with E-state index >= 15 is 0 Å². The molecule has 0 aliphatic heterocycles. The molecular weight excluding hydrogens is 356 g/mol. The van der Waals surface area contributed by atoms with Gasteiger partial charge in [-0.15, -0.1) is 0 Å². The standard InChI is InChI=1S/C27H38O2/c1-4-5-6-8-12-21-17-20(2)18-23(25(21)28)19-22-13-11-14-24(26(22)29)27(3)15-9-7-10-16-27/h11,13-14,17-18,28-29H,4-10,12,15-16,19H2,1-3H3. The van der Waals surface area contributed by atoms with Crippen LogP contribution >= 0.6 is 0 Å². The Morgan fingerprint density at radius 1 is 0.862 bits per heavy atom. The zero-order valence-electron chi connectivity index (χ0n) is 18.6. The molecule has 0 radical (unpaired) electrons. The van der Waals surface area contributed by atoms with Crippen molar-refractivity contribution in [3.05, 3.63) is 58.1 Å². The second kappa shape index (κ2) is 9.69. The summed E-state index contributed by atoms with van der Waals surface area (Å²) in [6.07, 6.45) is 12.3. The summed E-state index contributed by atoms with van der Waals surface area (Å²) >= 11 is 0. The average Bonchev–Trinajstić information content (AvgIpc) is 2.70. The highest BCUT2D eigenvalue weighted by Crippen LogP contribution is 2.44. The zero-order chi connectivity index (χ0) is 20.9. The minimum atomic E-state index is 0.0669. The number of hydrogen-bond acceptors (Lipinski definition) is 2. The molecule has 2 N–H and O–H groups in total. The minimum absolute atomic E-state index is 0.0669. The van der Waals surface area contributed by atoms with E-state index in [9.17, 15) is 10.2 Å². The third-order valence-electron chi connectivity index (χ3n) is 6.82. The van der Waals surface area contributed by atoms with E-state index in [1.54, 1.807) is 0 Å². The summed E-state index contributed by atoms with van der Waals surface area (Å²) in [6.45, 7) is 6.61. The van der Waals surface area contributed by atoms with Gasteiger partial charge in [-0.1, -0.05) is 88.3 Å². The number of unbranched alkanes of at least 4 members (excludes halogenated alkanes) is 3. The van der Waals surface area contributed by atoms with Crippen molar-refractivity contribution in [2.75, 3.05) is 0 Å². The maximum atomic E-state index is 11.1. The zero-order valence-corrected chi connectivity index (χ0v) is 18.6. The molecule has 0 unspecified atom stereocenters. The monoisotopic (exact) mass is 394 g/mol. The Balaban J connectivity index is 1.84. The molecule has 158 valence electrons. The van der Waals surface area contributed by atoms with Gasteiger partial charge in [-0.3, -0.25) is 0 Å². The Morgan fingerprint density at radius 3 is 2.31 bits per heavy atom. The molecule has 0 amide bonds. The van der Waals surface area contributed by atoms with E-state index in [1.807, 2.05) is 6.07 Å². The van der Waals surface area contributed by atoms with Gasteiger partial charge < -0.3 is 10.2 Å². The van der Waals surface area contributed by atoms with Gasteiger partial charge in [-0.25, -0.2) is 0 Å². The Morgan fingerprint density at radius 2 is 1.59 bits per heavy atom. The molecule has 0 spiro atoms. The number of para-hydroxylation sites is 1. The van der Waals surface area contributed by atoms with Gasteiger partial charge in [0.2, 0.25) is 0 Å². The Labute approximate surface area is 177 Å². The summed E-state index contributed by atoms with van der Waals surface area (Å²) in [6, 6.07) is 10.4. The molecule has 2 nitrogen and oxygen atoms in total. The summed E-state index contributed by atoms with van der Waals surface area (Å²) in [7, 11) is 0. The van der Waals surface area contributed by atoms with Gasteiger partial charge in [0.1, 0.15) is 11.5 Å². The van der Waals surface area contributed by atoms with E-state index in [4.69, 9.17) is 0 Å². The van der Waals surface area contributed by atoms with Crippen LogP contribution in [0.1, 0.15) is 99.5 Å². The minimum Gasteiger partial charge on any atom is -0.507 e. The molecule has 29 heavy (non-hydrogen) atoms. The van der Waals surface area contributed by atoms with E-state index in [0.717, 1.165) is 47.9 Å². The first kappa shape index (κ1) is 21.7. The van der Waals surface area contributed by atoms with Crippen molar-refractivity contribution in [2.24, 2.45) is 0 Å². The molecule has 1 aliphatic rings. The number of rotatable bonds is 8. The topological polar surface area (TPSA) is 40.5 Å². The molecule has 3 rings (SSSR count). The summed E-state index contributed by atoms with van der Waals surface area (Å²) in [5.74, 6) is 0.850. The largest absolute Gasteiger partial charge is 0.507 e. The second-order valence-electron chi connectivity index (χ2n) is 9.35. The average molecular weight is 395 g/mol. The van der Waals surface area contributed by atoms with Crippen LogP contribution in [-0.4, -0.2) is 10.2 Å². The molecule has 0 atom stereocenters. The summed E-state index contributed by atoms with van der Waals surface area (Å²) < 4.78 is 0. The van der Waals surface area contributed by atoms with Crippen LogP contribution in [0, 0.1) is 6.92 Å². The first-order valence-corrected chi connectivity index (χ1v) is 11.6. The summed E-state index contributed by atoms with van der Waals surface area (Å²) in [5, 5.41) is 22.0. The SMILES string of the molecule is CCCCCCc1cc(C)cc(Cc2cccc(C3(C)CCCCC3)c2O)c1O. The van der Waals surface area contributed by atoms with Gasteiger partial charge in [-0.05, 0) is 54.7 Å². The van der Waals surface area contributed by atoms with Crippen LogP contribution in [0.5, 0.6) is 11.5 Å². The predicted octanol–water partition coefficient (Wildman–Crippen LogP) is 7.34. The van der Waals surface area contributed by atoms with Crippen molar-refractivity contribution in [1.82, 2.24) is 0 Å². The predicted molar refractivity (Wildman–Crippen MR) is 122 cm³/mol. The van der Waals surface area contributed by atoms with Crippen LogP contribution in [0.4, 0.5) is 0 Å². The highest BCUT2D eigenvalue weighted by atomic mass is 16.3. The van der Waals surface area contributed by atoms with Crippen LogP contribution in [0.2, 0.25) is 0 Å². The number of aromatic hydroxyl groups is 2. The van der Waals surface area contributed by atoms with E-state index in [0.29, 0.717) is 17.9 Å². The van der Waals surface area contributed by atoms with Gasteiger partial charge in [0, 0.05) is 12.0 Å². The number of benzene rings is 2. The van der Waals surface area contributed by atoms with Crippen molar-refractivity contribution < 1.29 is 10.2 Å². The molecule has 0 bridgehead atoms. The van der Waals surface area contributed by atoms with Crippen molar-refractivity contribution in [1.29, 1.82) is 0 Å². The van der Waals surface area contributed by atoms with Gasteiger partial charge in [-0.2, -0.15) is 0 Å². The fourth-order valence-corrected chi connectivity index (χ4v) is 5.03. The van der Waals surface area contributed by atoms with Crippen molar-refractivity contribution in [2.45, 2.75) is 96.8 Å². The van der Waals surface area contributed by atoms with E-state index in [-0.39, 0.29) is 5.41 Å². The first-order valence-electron chi connectivity index (χ1n) is 11.6. The quantitative estimate of drug-likeness (QED) is 0.460. The normalized spacial score (nSPS) is 16.1. The third kappa shape index (κ3) is 5.15. The van der Waals surface area contributed by atoms with Crippen LogP contribution in [0.15, 0.2) is 30.3 Å². The fourth-order valence-electron chi connectivity index (χ4n) is 5.03. The molecule has 0 aromatic heterocycles. The number of aryl methyl sites for hydroxylation is 2. The summed E-state index contributed by atoms with van der Waals surface area (Å²) in [5.41, 5.74) is 5.23. The van der Waals surface area contributed by atoms with Crippen molar-refractivity contribution >= 4 is 0 Å². The van der Waals surface area contributed by atoms with Gasteiger partial charge in [0.05, 0.1) is 0 Å². The van der Waals surface area contributed by atoms with Gasteiger partial charge >= 0.3 is 0 Å². The molecule has 1 fully saturated rings.